The minimum absolute atomic E-state index is 0.113. The average Bonchev–Trinajstić information content (AvgIpc) is 2.08. The molecular formula is C5H11N3O. The van der Waals surface area contributed by atoms with Crippen LogP contribution in [0.15, 0.2) is 4.99 Å². The van der Waals surface area contributed by atoms with Crippen LogP contribution in [0.3, 0.4) is 0 Å². The lowest BCUT2D eigenvalue weighted by Gasteiger charge is -2.22. The van der Waals surface area contributed by atoms with Crippen LogP contribution in [0.1, 0.15) is 13.8 Å². The third kappa shape index (κ3) is 1.40. The van der Waals surface area contributed by atoms with Crippen molar-refractivity contribution >= 4 is 6.40 Å². The third-order valence-electron chi connectivity index (χ3n) is 1.15. The van der Waals surface area contributed by atoms with Crippen LogP contribution >= 0.6 is 0 Å². The summed E-state index contributed by atoms with van der Waals surface area (Å²) in [6.45, 7) is 3.77. The van der Waals surface area contributed by atoms with Crippen LogP contribution in [0.2, 0.25) is 0 Å². The Hall–Kier alpha value is -0.610. The van der Waals surface area contributed by atoms with E-state index < -0.39 is 0 Å². The Balaban J connectivity index is 2.53. The number of aliphatic imine (C=N–C) groups is 1. The van der Waals surface area contributed by atoms with Gasteiger partial charge < -0.3 is 10.6 Å². The SMILES string of the molecule is CC(C)(N)C1N=CON1. The normalized spacial score (nSPS) is 26.3. The van der Waals surface area contributed by atoms with Gasteiger partial charge in [-0.05, 0) is 13.8 Å². The highest BCUT2D eigenvalue weighted by molar-refractivity contribution is 5.48. The van der Waals surface area contributed by atoms with Gasteiger partial charge in [0, 0.05) is 5.54 Å². The Labute approximate surface area is 54.0 Å². The van der Waals surface area contributed by atoms with E-state index in [2.05, 4.69) is 15.3 Å². The second kappa shape index (κ2) is 1.97. The standard InChI is InChI=1S/C5H11N3O/c1-5(2,6)4-7-3-9-8-4/h3-4,8H,6H2,1-2H3. The van der Waals surface area contributed by atoms with Gasteiger partial charge in [0.2, 0.25) is 0 Å². The molecule has 52 valence electrons. The van der Waals surface area contributed by atoms with E-state index in [0.29, 0.717) is 0 Å². The highest BCUT2D eigenvalue weighted by atomic mass is 16.7. The lowest BCUT2D eigenvalue weighted by atomic mass is 10.0. The van der Waals surface area contributed by atoms with E-state index >= 15 is 0 Å². The molecule has 1 aliphatic heterocycles. The van der Waals surface area contributed by atoms with Crippen molar-refractivity contribution < 1.29 is 4.84 Å². The van der Waals surface area contributed by atoms with Gasteiger partial charge in [-0.15, -0.1) is 5.48 Å². The quantitative estimate of drug-likeness (QED) is 0.507. The molecule has 0 bridgehead atoms. The lowest BCUT2D eigenvalue weighted by Crippen LogP contribution is -2.49. The maximum atomic E-state index is 5.68. The number of hydrogen-bond donors (Lipinski definition) is 2. The molecule has 0 fully saturated rings. The zero-order chi connectivity index (χ0) is 6.91. The Morgan fingerprint density at radius 2 is 2.44 bits per heavy atom. The van der Waals surface area contributed by atoms with Crippen LogP contribution in [0.4, 0.5) is 0 Å². The predicted molar refractivity (Wildman–Crippen MR) is 34.8 cm³/mol. The minimum atomic E-state index is -0.354. The van der Waals surface area contributed by atoms with E-state index in [1.807, 2.05) is 13.8 Å². The Bertz CT molecular complexity index is 127. The van der Waals surface area contributed by atoms with Crippen LogP contribution < -0.4 is 11.2 Å². The summed E-state index contributed by atoms with van der Waals surface area (Å²) in [6, 6.07) is 0. The molecule has 0 aromatic rings. The van der Waals surface area contributed by atoms with E-state index in [9.17, 15) is 0 Å². The molecule has 0 aliphatic carbocycles. The van der Waals surface area contributed by atoms with Gasteiger partial charge in [-0.25, -0.2) is 4.99 Å². The number of hydrogen-bond acceptors (Lipinski definition) is 4. The molecule has 0 spiro atoms. The summed E-state index contributed by atoms with van der Waals surface area (Å²) < 4.78 is 0. The maximum absolute atomic E-state index is 5.68. The van der Waals surface area contributed by atoms with E-state index in [0.717, 1.165) is 0 Å². The van der Waals surface area contributed by atoms with Crippen LogP contribution in [-0.4, -0.2) is 18.1 Å². The van der Waals surface area contributed by atoms with E-state index in [1.54, 1.807) is 0 Å². The molecule has 3 N–H and O–H groups in total. The molecule has 1 atom stereocenters. The van der Waals surface area contributed by atoms with Crippen molar-refractivity contribution in [1.82, 2.24) is 5.48 Å². The molecule has 4 nitrogen and oxygen atoms in total. The molecular weight excluding hydrogens is 118 g/mol. The van der Waals surface area contributed by atoms with Gasteiger partial charge in [-0.2, -0.15) is 0 Å². The maximum Gasteiger partial charge on any atom is 0.198 e. The van der Waals surface area contributed by atoms with Crippen LogP contribution in [0, 0.1) is 0 Å². The fourth-order valence-corrected chi connectivity index (χ4v) is 0.561. The first-order chi connectivity index (χ1) is 4.11. The van der Waals surface area contributed by atoms with Gasteiger partial charge in [0.1, 0.15) is 0 Å². The molecule has 0 aromatic carbocycles. The Morgan fingerprint density at radius 3 is 2.67 bits per heavy atom. The molecule has 1 aliphatic rings. The molecule has 1 rings (SSSR count). The number of hydroxylamine groups is 1. The van der Waals surface area contributed by atoms with Crippen molar-refractivity contribution in [3.05, 3.63) is 0 Å². The second-order valence-corrected chi connectivity index (χ2v) is 2.71. The molecule has 1 heterocycles. The summed E-state index contributed by atoms with van der Waals surface area (Å²) in [7, 11) is 0. The molecule has 0 saturated carbocycles. The average molecular weight is 129 g/mol. The molecule has 0 radical (unpaired) electrons. The Kier molecular flexibility index (Phi) is 1.42. The molecule has 9 heavy (non-hydrogen) atoms. The minimum Gasteiger partial charge on any atom is -0.395 e. The van der Waals surface area contributed by atoms with Crippen molar-refractivity contribution in [2.75, 3.05) is 0 Å². The van der Waals surface area contributed by atoms with E-state index in [-0.39, 0.29) is 11.7 Å². The molecule has 0 saturated heterocycles. The molecule has 0 amide bonds. The molecule has 1 unspecified atom stereocenters. The topological polar surface area (TPSA) is 59.6 Å². The van der Waals surface area contributed by atoms with Crippen LogP contribution in [0.25, 0.3) is 0 Å². The zero-order valence-electron chi connectivity index (χ0n) is 5.59. The fraction of sp³-hybridized carbons (Fsp3) is 0.800. The highest BCUT2D eigenvalue weighted by Gasteiger charge is 2.26. The summed E-state index contributed by atoms with van der Waals surface area (Å²) in [5.41, 5.74) is 7.98. The van der Waals surface area contributed by atoms with Gasteiger partial charge in [0.15, 0.2) is 12.6 Å². The summed E-state index contributed by atoms with van der Waals surface area (Å²) in [4.78, 5) is 8.59. The zero-order valence-corrected chi connectivity index (χ0v) is 5.59. The van der Waals surface area contributed by atoms with Gasteiger partial charge >= 0.3 is 0 Å². The van der Waals surface area contributed by atoms with Crippen molar-refractivity contribution in [1.29, 1.82) is 0 Å². The fourth-order valence-electron chi connectivity index (χ4n) is 0.561. The summed E-state index contributed by atoms with van der Waals surface area (Å²) in [6.07, 6.45) is 1.25. The van der Waals surface area contributed by atoms with E-state index in [1.165, 1.54) is 6.40 Å². The van der Waals surface area contributed by atoms with Gasteiger partial charge in [0.25, 0.3) is 0 Å². The number of nitrogens with one attached hydrogen (secondary N) is 1. The van der Waals surface area contributed by atoms with Crippen molar-refractivity contribution in [2.45, 2.75) is 25.6 Å². The van der Waals surface area contributed by atoms with Crippen molar-refractivity contribution in [3.8, 4) is 0 Å². The monoisotopic (exact) mass is 129 g/mol. The van der Waals surface area contributed by atoms with Crippen LogP contribution in [0.5, 0.6) is 0 Å². The number of nitrogens with zero attached hydrogens (tertiary/aromatic N) is 1. The summed E-state index contributed by atoms with van der Waals surface area (Å²) in [5, 5.41) is 0. The predicted octanol–water partition coefficient (Wildman–Crippen LogP) is -0.387. The molecule has 0 aromatic heterocycles. The Morgan fingerprint density at radius 1 is 1.78 bits per heavy atom. The van der Waals surface area contributed by atoms with Gasteiger partial charge in [-0.1, -0.05) is 0 Å². The molecule has 4 heteroatoms. The number of rotatable bonds is 1. The van der Waals surface area contributed by atoms with Crippen molar-refractivity contribution in [2.24, 2.45) is 10.7 Å². The van der Waals surface area contributed by atoms with Crippen molar-refractivity contribution in [3.63, 3.8) is 0 Å². The highest BCUT2D eigenvalue weighted by Crippen LogP contribution is 2.07. The van der Waals surface area contributed by atoms with Gasteiger partial charge in [0.05, 0.1) is 0 Å². The first-order valence-corrected chi connectivity index (χ1v) is 2.82. The largest absolute Gasteiger partial charge is 0.395 e. The van der Waals surface area contributed by atoms with Gasteiger partial charge in [-0.3, -0.25) is 0 Å². The summed E-state index contributed by atoms with van der Waals surface area (Å²) >= 11 is 0. The smallest absolute Gasteiger partial charge is 0.198 e. The first kappa shape index (κ1) is 6.51. The number of nitrogens with two attached hydrogens (primary N) is 1. The third-order valence-corrected chi connectivity index (χ3v) is 1.15. The van der Waals surface area contributed by atoms with Crippen LogP contribution in [-0.2, 0) is 4.84 Å². The summed E-state index contributed by atoms with van der Waals surface area (Å²) in [5.74, 6) is 0. The first-order valence-electron chi connectivity index (χ1n) is 2.82. The lowest BCUT2D eigenvalue weighted by molar-refractivity contribution is 0.153. The second-order valence-electron chi connectivity index (χ2n) is 2.71. The van der Waals surface area contributed by atoms with E-state index in [4.69, 9.17) is 5.73 Å².